The van der Waals surface area contributed by atoms with Crippen molar-refractivity contribution in [1.82, 2.24) is 9.88 Å². The summed E-state index contributed by atoms with van der Waals surface area (Å²) in [6, 6.07) is 13.2. The van der Waals surface area contributed by atoms with Crippen molar-refractivity contribution in [2.45, 2.75) is 24.7 Å². The summed E-state index contributed by atoms with van der Waals surface area (Å²) < 4.78 is 33.4. The predicted octanol–water partition coefficient (Wildman–Crippen LogP) is 3.51. The number of hydrogen-bond acceptors (Lipinski definition) is 7. The lowest BCUT2D eigenvalue weighted by atomic mass is 9.96. The van der Waals surface area contributed by atoms with Crippen LogP contribution in [-0.4, -0.2) is 49.9 Å². The molecule has 0 aliphatic carbocycles. The van der Waals surface area contributed by atoms with E-state index in [1.54, 1.807) is 48.2 Å². The number of hydrogen-bond donors (Lipinski definition) is 1. The Morgan fingerprint density at radius 3 is 2.56 bits per heavy atom. The first-order valence-corrected chi connectivity index (χ1v) is 12.6. The van der Waals surface area contributed by atoms with E-state index in [0.717, 1.165) is 0 Å². The maximum atomic E-state index is 12.9. The third kappa shape index (κ3) is 4.76. The van der Waals surface area contributed by atoms with E-state index in [0.29, 0.717) is 48.3 Å². The van der Waals surface area contributed by atoms with Gasteiger partial charge in [-0.05, 0) is 50.1 Å². The van der Waals surface area contributed by atoms with Gasteiger partial charge in [-0.3, -0.25) is 14.3 Å². The molecule has 3 aromatic rings. The molecule has 0 unspecified atom stereocenters. The number of esters is 1. The first kappa shape index (κ1) is 22.2. The second-order valence-electron chi connectivity index (χ2n) is 7.44. The summed E-state index contributed by atoms with van der Waals surface area (Å²) in [7, 11) is -3.74. The Kier molecular flexibility index (Phi) is 6.43. The van der Waals surface area contributed by atoms with Gasteiger partial charge in [0.15, 0.2) is 5.13 Å². The number of benzene rings is 2. The quantitative estimate of drug-likeness (QED) is 0.549. The molecule has 8 nitrogen and oxygen atoms in total. The Morgan fingerprint density at radius 2 is 1.88 bits per heavy atom. The standard InChI is InChI=1S/C22H23N3O5S2/c1-2-30-21(27)15-10-12-25(13-11-15)20(26)16-8-9-18-19(14-16)31-22(23-18)24-32(28,29)17-6-4-3-5-7-17/h3-9,14-15H,2,10-13H2,1H3,(H,23,24). The van der Waals surface area contributed by atoms with Gasteiger partial charge in [0.1, 0.15) is 0 Å². The minimum atomic E-state index is -3.74. The van der Waals surface area contributed by atoms with Crippen molar-refractivity contribution in [1.29, 1.82) is 0 Å². The van der Waals surface area contributed by atoms with Crippen LogP contribution in [0.3, 0.4) is 0 Å². The number of fused-ring (bicyclic) bond motifs is 1. The Balaban J connectivity index is 1.46. The van der Waals surface area contributed by atoms with E-state index in [2.05, 4.69) is 9.71 Å². The number of likely N-dealkylation sites (tertiary alicyclic amines) is 1. The van der Waals surface area contributed by atoms with Crippen LogP contribution in [0.1, 0.15) is 30.1 Å². The van der Waals surface area contributed by atoms with Gasteiger partial charge < -0.3 is 9.64 Å². The van der Waals surface area contributed by atoms with Gasteiger partial charge in [0, 0.05) is 18.7 Å². The summed E-state index contributed by atoms with van der Waals surface area (Å²) in [5.41, 5.74) is 1.12. The zero-order chi connectivity index (χ0) is 22.7. The van der Waals surface area contributed by atoms with Gasteiger partial charge in [-0.2, -0.15) is 0 Å². The number of aromatic nitrogens is 1. The fourth-order valence-electron chi connectivity index (χ4n) is 3.64. The zero-order valence-electron chi connectivity index (χ0n) is 17.5. The van der Waals surface area contributed by atoms with Crippen LogP contribution in [0.15, 0.2) is 53.4 Å². The van der Waals surface area contributed by atoms with Crippen LogP contribution < -0.4 is 4.72 Å². The number of carbonyl (C=O) groups is 2. The van der Waals surface area contributed by atoms with Crippen molar-refractivity contribution in [3.8, 4) is 0 Å². The van der Waals surface area contributed by atoms with E-state index in [4.69, 9.17) is 4.74 Å². The summed E-state index contributed by atoms with van der Waals surface area (Å²) in [6.45, 7) is 3.12. The summed E-state index contributed by atoms with van der Waals surface area (Å²) in [4.78, 5) is 31.1. The largest absolute Gasteiger partial charge is 0.466 e. The van der Waals surface area contributed by atoms with Gasteiger partial charge in [-0.1, -0.05) is 29.5 Å². The van der Waals surface area contributed by atoms with Gasteiger partial charge >= 0.3 is 5.97 Å². The number of nitrogens with zero attached hydrogens (tertiary/aromatic N) is 2. The van der Waals surface area contributed by atoms with Crippen molar-refractivity contribution in [2.75, 3.05) is 24.4 Å². The van der Waals surface area contributed by atoms with Gasteiger partial charge in [0.25, 0.3) is 15.9 Å². The number of nitrogens with one attached hydrogen (secondary N) is 1. The molecule has 1 saturated heterocycles. The highest BCUT2D eigenvalue weighted by Crippen LogP contribution is 2.29. The second-order valence-corrected chi connectivity index (χ2v) is 10.2. The van der Waals surface area contributed by atoms with E-state index in [1.807, 2.05) is 0 Å². The number of carbonyl (C=O) groups excluding carboxylic acids is 2. The Bertz CT molecular complexity index is 1230. The van der Waals surface area contributed by atoms with Crippen LogP contribution in [-0.2, 0) is 19.6 Å². The van der Waals surface area contributed by atoms with E-state index < -0.39 is 10.0 Å². The summed E-state index contributed by atoms with van der Waals surface area (Å²) in [5, 5.41) is 0.240. The van der Waals surface area contributed by atoms with E-state index in [1.165, 1.54) is 23.5 Å². The normalized spacial score (nSPS) is 15.0. The molecule has 1 fully saturated rings. The highest BCUT2D eigenvalue weighted by Gasteiger charge is 2.29. The Hall–Kier alpha value is -2.98. The van der Waals surface area contributed by atoms with Gasteiger partial charge in [0.05, 0.1) is 27.6 Å². The molecule has 2 aromatic carbocycles. The summed E-state index contributed by atoms with van der Waals surface area (Å²) in [5.74, 6) is -0.478. The summed E-state index contributed by atoms with van der Waals surface area (Å²) >= 11 is 1.17. The maximum Gasteiger partial charge on any atom is 0.309 e. The SMILES string of the molecule is CCOC(=O)C1CCN(C(=O)c2ccc3nc(NS(=O)(=O)c4ccccc4)sc3c2)CC1. The Labute approximate surface area is 190 Å². The highest BCUT2D eigenvalue weighted by molar-refractivity contribution is 7.93. The number of amides is 1. The topological polar surface area (TPSA) is 106 Å². The molecule has 0 bridgehead atoms. The fourth-order valence-corrected chi connectivity index (χ4v) is 5.80. The molecule has 1 aromatic heterocycles. The zero-order valence-corrected chi connectivity index (χ0v) is 19.1. The summed E-state index contributed by atoms with van der Waals surface area (Å²) in [6.07, 6.45) is 1.16. The molecule has 10 heteroatoms. The molecule has 1 aliphatic rings. The number of sulfonamides is 1. The number of thiazole rings is 1. The lowest BCUT2D eigenvalue weighted by Gasteiger charge is -2.30. The second kappa shape index (κ2) is 9.25. The first-order chi connectivity index (χ1) is 15.4. The molecule has 0 saturated carbocycles. The molecule has 168 valence electrons. The van der Waals surface area contributed by atoms with Crippen molar-refractivity contribution in [2.24, 2.45) is 5.92 Å². The van der Waals surface area contributed by atoms with Crippen LogP contribution in [0.25, 0.3) is 10.2 Å². The molecular weight excluding hydrogens is 450 g/mol. The average Bonchev–Trinajstić information content (AvgIpc) is 3.20. The fraction of sp³-hybridized carbons (Fsp3) is 0.318. The minimum Gasteiger partial charge on any atom is -0.466 e. The smallest absolute Gasteiger partial charge is 0.309 e. The lowest BCUT2D eigenvalue weighted by Crippen LogP contribution is -2.40. The van der Waals surface area contributed by atoms with Gasteiger partial charge in [0.2, 0.25) is 0 Å². The molecule has 1 amide bonds. The molecule has 1 aliphatic heterocycles. The Morgan fingerprint density at radius 1 is 1.16 bits per heavy atom. The molecule has 0 spiro atoms. The molecular formula is C22H23N3O5S2. The van der Waals surface area contributed by atoms with Crippen molar-refractivity contribution in [3.63, 3.8) is 0 Å². The number of piperidine rings is 1. The third-order valence-corrected chi connectivity index (χ3v) is 7.73. The first-order valence-electron chi connectivity index (χ1n) is 10.3. The van der Waals surface area contributed by atoms with Crippen LogP contribution >= 0.6 is 11.3 Å². The monoisotopic (exact) mass is 473 g/mol. The van der Waals surface area contributed by atoms with Crippen molar-refractivity contribution >= 4 is 48.6 Å². The van der Waals surface area contributed by atoms with Crippen LogP contribution in [0.4, 0.5) is 5.13 Å². The highest BCUT2D eigenvalue weighted by atomic mass is 32.2. The molecule has 32 heavy (non-hydrogen) atoms. The maximum absolute atomic E-state index is 12.9. The third-order valence-electron chi connectivity index (χ3n) is 5.31. The number of anilines is 1. The molecule has 1 N–H and O–H groups in total. The lowest BCUT2D eigenvalue weighted by molar-refractivity contribution is -0.149. The van der Waals surface area contributed by atoms with Crippen molar-refractivity contribution in [3.05, 3.63) is 54.1 Å². The van der Waals surface area contributed by atoms with Crippen molar-refractivity contribution < 1.29 is 22.7 Å². The van der Waals surface area contributed by atoms with Crippen LogP contribution in [0.2, 0.25) is 0 Å². The predicted molar refractivity (Wildman–Crippen MR) is 122 cm³/mol. The van der Waals surface area contributed by atoms with E-state index in [9.17, 15) is 18.0 Å². The molecule has 0 atom stereocenters. The van der Waals surface area contributed by atoms with Crippen LogP contribution in [0.5, 0.6) is 0 Å². The van der Waals surface area contributed by atoms with E-state index >= 15 is 0 Å². The molecule has 4 rings (SSSR count). The van der Waals surface area contributed by atoms with Gasteiger partial charge in [-0.15, -0.1) is 0 Å². The molecule has 0 radical (unpaired) electrons. The molecule has 2 heterocycles. The van der Waals surface area contributed by atoms with Crippen LogP contribution in [0, 0.1) is 5.92 Å². The van der Waals surface area contributed by atoms with Gasteiger partial charge in [-0.25, -0.2) is 13.4 Å². The average molecular weight is 474 g/mol. The minimum absolute atomic E-state index is 0.117. The van der Waals surface area contributed by atoms with E-state index in [-0.39, 0.29) is 27.8 Å². The number of ether oxygens (including phenoxy) is 1. The number of rotatable bonds is 6.